The standard InChI is InChI=1S/C18H25N5O3/c24-17(19-8-11-23-9-2-1-3-10-23)13-26-15-6-4-14(5-7-15)16-12-20-18(25)22-21-16/h4-7H,1-3,8-13H2,(H,19,24)(H2,20,22,25). The Morgan fingerprint density at radius 3 is 2.65 bits per heavy atom. The lowest BCUT2D eigenvalue weighted by Gasteiger charge is -2.26. The first-order valence-electron chi connectivity index (χ1n) is 9.03. The van der Waals surface area contributed by atoms with E-state index in [1.807, 2.05) is 12.1 Å². The molecule has 26 heavy (non-hydrogen) atoms. The largest absolute Gasteiger partial charge is 0.484 e. The lowest BCUT2D eigenvalue weighted by atomic mass is 10.1. The number of amides is 3. The molecule has 8 nitrogen and oxygen atoms in total. The van der Waals surface area contributed by atoms with Gasteiger partial charge in [-0.05, 0) is 55.8 Å². The Morgan fingerprint density at radius 2 is 1.96 bits per heavy atom. The molecule has 2 aliphatic rings. The maximum atomic E-state index is 11.9. The molecular weight excluding hydrogens is 334 g/mol. The van der Waals surface area contributed by atoms with Crippen molar-refractivity contribution >= 4 is 17.6 Å². The van der Waals surface area contributed by atoms with Crippen LogP contribution >= 0.6 is 0 Å². The fourth-order valence-corrected chi connectivity index (χ4v) is 3.01. The van der Waals surface area contributed by atoms with E-state index < -0.39 is 0 Å². The zero-order valence-corrected chi connectivity index (χ0v) is 14.8. The van der Waals surface area contributed by atoms with Crippen molar-refractivity contribution in [1.29, 1.82) is 0 Å². The third-order valence-corrected chi connectivity index (χ3v) is 4.47. The number of ether oxygens (including phenoxy) is 1. The van der Waals surface area contributed by atoms with E-state index in [4.69, 9.17) is 4.74 Å². The van der Waals surface area contributed by atoms with Crippen LogP contribution in [0.15, 0.2) is 29.4 Å². The van der Waals surface area contributed by atoms with Gasteiger partial charge in [0.2, 0.25) is 0 Å². The summed E-state index contributed by atoms with van der Waals surface area (Å²) >= 11 is 0. The van der Waals surface area contributed by atoms with Crippen LogP contribution in [0.5, 0.6) is 5.75 Å². The van der Waals surface area contributed by atoms with Crippen LogP contribution in [0, 0.1) is 0 Å². The number of hydrogen-bond donors (Lipinski definition) is 3. The van der Waals surface area contributed by atoms with Crippen molar-refractivity contribution in [2.45, 2.75) is 19.3 Å². The van der Waals surface area contributed by atoms with Gasteiger partial charge in [-0.3, -0.25) is 4.79 Å². The monoisotopic (exact) mass is 359 g/mol. The van der Waals surface area contributed by atoms with Crippen LogP contribution in [0.3, 0.4) is 0 Å². The number of hydrogen-bond acceptors (Lipinski definition) is 5. The number of hydrazone groups is 1. The summed E-state index contributed by atoms with van der Waals surface area (Å²) in [4.78, 5) is 25.3. The van der Waals surface area contributed by atoms with Gasteiger partial charge in [0.05, 0.1) is 12.3 Å². The predicted octanol–water partition coefficient (Wildman–Crippen LogP) is 0.684. The normalized spacial score (nSPS) is 17.7. The number of carbonyl (C=O) groups is 2. The summed E-state index contributed by atoms with van der Waals surface area (Å²) in [6, 6.07) is 6.97. The van der Waals surface area contributed by atoms with Gasteiger partial charge < -0.3 is 20.3 Å². The van der Waals surface area contributed by atoms with E-state index in [0.29, 0.717) is 18.8 Å². The number of nitrogens with one attached hydrogen (secondary N) is 3. The Hall–Kier alpha value is -2.61. The van der Waals surface area contributed by atoms with E-state index in [0.717, 1.165) is 30.9 Å². The molecule has 1 aromatic carbocycles. The second-order valence-corrected chi connectivity index (χ2v) is 6.42. The van der Waals surface area contributed by atoms with Crippen molar-refractivity contribution in [2.75, 3.05) is 39.3 Å². The lowest BCUT2D eigenvalue weighted by molar-refractivity contribution is -0.123. The molecule has 2 heterocycles. The first kappa shape index (κ1) is 18.2. The molecule has 3 N–H and O–H groups in total. The summed E-state index contributed by atoms with van der Waals surface area (Å²) in [7, 11) is 0. The molecule has 0 aromatic heterocycles. The molecule has 0 saturated carbocycles. The van der Waals surface area contributed by atoms with E-state index in [9.17, 15) is 9.59 Å². The highest BCUT2D eigenvalue weighted by Crippen LogP contribution is 2.13. The Balaban J connectivity index is 1.37. The van der Waals surface area contributed by atoms with E-state index >= 15 is 0 Å². The fourth-order valence-electron chi connectivity index (χ4n) is 3.01. The van der Waals surface area contributed by atoms with Crippen LogP contribution in [0.1, 0.15) is 24.8 Å². The fraction of sp³-hybridized carbons (Fsp3) is 0.500. The molecule has 0 radical (unpaired) electrons. The Bertz CT molecular complexity index is 653. The maximum absolute atomic E-state index is 11.9. The number of piperidine rings is 1. The van der Waals surface area contributed by atoms with Gasteiger partial charge >= 0.3 is 6.03 Å². The summed E-state index contributed by atoms with van der Waals surface area (Å²) in [5.41, 5.74) is 4.01. The van der Waals surface area contributed by atoms with Gasteiger partial charge in [0.25, 0.3) is 5.91 Å². The molecule has 0 unspecified atom stereocenters. The highest BCUT2D eigenvalue weighted by molar-refractivity contribution is 6.05. The number of likely N-dealkylation sites (tertiary alicyclic amines) is 1. The molecule has 3 amide bonds. The van der Waals surface area contributed by atoms with Gasteiger partial charge in [-0.1, -0.05) is 6.42 Å². The minimum atomic E-state index is -0.306. The van der Waals surface area contributed by atoms with Crippen LogP contribution in [0.4, 0.5) is 4.79 Å². The summed E-state index contributed by atoms with van der Waals surface area (Å²) in [6.07, 6.45) is 3.82. The molecule has 140 valence electrons. The molecule has 1 fully saturated rings. The van der Waals surface area contributed by atoms with Crippen LogP contribution in [0.25, 0.3) is 0 Å². The van der Waals surface area contributed by atoms with Gasteiger partial charge in [0, 0.05) is 13.1 Å². The zero-order chi connectivity index (χ0) is 18.2. The van der Waals surface area contributed by atoms with Gasteiger partial charge in [-0.2, -0.15) is 5.10 Å². The molecule has 0 atom stereocenters. The van der Waals surface area contributed by atoms with Crippen LogP contribution in [-0.4, -0.2) is 61.9 Å². The van der Waals surface area contributed by atoms with Crippen molar-refractivity contribution in [2.24, 2.45) is 5.10 Å². The minimum Gasteiger partial charge on any atom is -0.484 e. The number of benzene rings is 1. The Labute approximate surface area is 153 Å². The lowest BCUT2D eigenvalue weighted by Crippen LogP contribution is -2.42. The van der Waals surface area contributed by atoms with Crippen molar-refractivity contribution in [1.82, 2.24) is 21.0 Å². The van der Waals surface area contributed by atoms with Crippen LogP contribution in [0.2, 0.25) is 0 Å². The van der Waals surface area contributed by atoms with E-state index in [-0.39, 0.29) is 18.5 Å². The highest BCUT2D eigenvalue weighted by Gasteiger charge is 2.12. The molecule has 1 aromatic rings. The van der Waals surface area contributed by atoms with Crippen LogP contribution in [-0.2, 0) is 4.79 Å². The number of nitrogens with zero attached hydrogens (tertiary/aromatic N) is 2. The molecule has 0 bridgehead atoms. The second-order valence-electron chi connectivity index (χ2n) is 6.42. The van der Waals surface area contributed by atoms with Gasteiger partial charge in [-0.25, -0.2) is 10.2 Å². The first-order chi connectivity index (χ1) is 12.7. The summed E-state index contributed by atoms with van der Waals surface area (Å²) in [6.45, 7) is 4.18. The third-order valence-electron chi connectivity index (χ3n) is 4.47. The van der Waals surface area contributed by atoms with Crippen molar-refractivity contribution < 1.29 is 14.3 Å². The zero-order valence-electron chi connectivity index (χ0n) is 14.8. The molecule has 8 heteroatoms. The molecule has 3 rings (SSSR count). The van der Waals surface area contributed by atoms with Gasteiger partial charge in [0.15, 0.2) is 6.61 Å². The molecule has 0 aliphatic carbocycles. The van der Waals surface area contributed by atoms with Crippen LogP contribution < -0.4 is 20.8 Å². The molecule has 1 saturated heterocycles. The molecule has 0 spiro atoms. The summed E-state index contributed by atoms with van der Waals surface area (Å²) in [5.74, 6) is 0.503. The molecule has 2 aliphatic heterocycles. The smallest absolute Gasteiger partial charge is 0.335 e. The van der Waals surface area contributed by atoms with E-state index in [1.54, 1.807) is 12.1 Å². The number of rotatable bonds is 7. The Morgan fingerprint density at radius 1 is 1.19 bits per heavy atom. The third kappa shape index (κ3) is 5.45. The Kier molecular flexibility index (Phi) is 6.43. The minimum absolute atomic E-state index is 0.00208. The average Bonchev–Trinajstić information content (AvgIpc) is 2.68. The van der Waals surface area contributed by atoms with Gasteiger partial charge in [-0.15, -0.1) is 0 Å². The van der Waals surface area contributed by atoms with Crippen molar-refractivity contribution in [3.8, 4) is 5.75 Å². The predicted molar refractivity (Wildman–Crippen MR) is 98.3 cm³/mol. The first-order valence-corrected chi connectivity index (χ1v) is 9.03. The number of carbonyl (C=O) groups excluding carboxylic acids is 2. The quantitative estimate of drug-likeness (QED) is 0.667. The molecular formula is C18H25N5O3. The van der Waals surface area contributed by atoms with E-state index in [1.165, 1.54) is 19.3 Å². The SMILES string of the molecule is O=C(COc1ccc(C2=NNC(=O)NC2)cc1)NCCN1CCCCC1. The maximum Gasteiger partial charge on any atom is 0.335 e. The highest BCUT2D eigenvalue weighted by atomic mass is 16.5. The number of urea groups is 1. The van der Waals surface area contributed by atoms with Crippen molar-refractivity contribution in [3.63, 3.8) is 0 Å². The van der Waals surface area contributed by atoms with E-state index in [2.05, 4.69) is 26.1 Å². The van der Waals surface area contributed by atoms with Crippen molar-refractivity contribution in [3.05, 3.63) is 29.8 Å². The summed E-state index contributed by atoms with van der Waals surface area (Å²) in [5, 5.41) is 9.56. The van der Waals surface area contributed by atoms with Gasteiger partial charge in [0.1, 0.15) is 5.75 Å². The second kappa shape index (κ2) is 9.19. The summed E-state index contributed by atoms with van der Waals surface area (Å²) < 4.78 is 5.52. The average molecular weight is 359 g/mol. The topological polar surface area (TPSA) is 95.1 Å².